The molecule has 1 aliphatic carbocycles. The Morgan fingerprint density at radius 3 is 2.08 bits per heavy atom. The van der Waals surface area contributed by atoms with Crippen LogP contribution >= 0.6 is 0 Å². The molecule has 0 amide bonds. The van der Waals surface area contributed by atoms with Gasteiger partial charge < -0.3 is 9.47 Å². The quantitative estimate of drug-likeness (QED) is 0.262. The molecule has 1 atom stereocenters. The number of halogens is 6. The van der Waals surface area contributed by atoms with Gasteiger partial charge in [0, 0.05) is 0 Å². The van der Waals surface area contributed by atoms with E-state index < -0.39 is 41.7 Å². The fourth-order valence-corrected chi connectivity index (χ4v) is 4.61. The first-order chi connectivity index (χ1) is 17.7. The minimum atomic E-state index is -3.96. The second kappa shape index (κ2) is 11.3. The van der Waals surface area contributed by atoms with Crippen molar-refractivity contribution in [2.24, 2.45) is 5.92 Å². The number of alkyl halides is 3. The zero-order chi connectivity index (χ0) is 26.6. The summed E-state index contributed by atoms with van der Waals surface area (Å²) in [6, 6.07) is 10.5. The maximum Gasteiger partial charge on any atom is 0.429 e. The first-order valence-electron chi connectivity index (χ1n) is 12.1. The molecule has 0 aliphatic heterocycles. The average molecular weight is 521 g/mol. The maximum absolute atomic E-state index is 14.8. The molecule has 4 rings (SSSR count). The molecular formula is C29H26F6O2. The molecule has 1 unspecified atom stereocenters. The van der Waals surface area contributed by atoms with Gasteiger partial charge in [-0.05, 0) is 83.8 Å². The van der Waals surface area contributed by atoms with Crippen LogP contribution in [0.15, 0.2) is 60.7 Å². The number of ether oxygens (including phenoxy) is 2. The highest BCUT2D eigenvalue weighted by atomic mass is 19.3. The Labute approximate surface area is 211 Å². The van der Waals surface area contributed by atoms with Crippen molar-refractivity contribution >= 4 is 5.57 Å². The number of allylic oxidation sites excluding steroid dienone is 2. The lowest BCUT2D eigenvalue weighted by Gasteiger charge is -2.23. The lowest BCUT2D eigenvalue weighted by Crippen LogP contribution is -2.23. The van der Waals surface area contributed by atoms with E-state index in [0.29, 0.717) is 11.5 Å². The lowest BCUT2D eigenvalue weighted by molar-refractivity contribution is -0.187. The minimum absolute atomic E-state index is 0.0826. The predicted octanol–water partition coefficient (Wildman–Crippen LogP) is 9.19. The second-order valence-electron chi connectivity index (χ2n) is 9.02. The summed E-state index contributed by atoms with van der Waals surface area (Å²) < 4.78 is 93.8. The van der Waals surface area contributed by atoms with Crippen LogP contribution in [0.4, 0.5) is 26.3 Å². The third kappa shape index (κ3) is 6.12. The van der Waals surface area contributed by atoms with Gasteiger partial charge in [-0.3, -0.25) is 0 Å². The molecule has 1 aliphatic rings. The largest absolute Gasteiger partial charge is 0.457 e. The zero-order valence-electron chi connectivity index (χ0n) is 20.2. The monoisotopic (exact) mass is 520 g/mol. The van der Waals surface area contributed by atoms with E-state index in [4.69, 9.17) is 4.74 Å². The maximum atomic E-state index is 14.8. The van der Waals surface area contributed by atoms with Gasteiger partial charge in [-0.25, -0.2) is 17.6 Å². The van der Waals surface area contributed by atoms with Crippen LogP contribution in [0, 0.1) is 23.4 Å². The summed E-state index contributed by atoms with van der Waals surface area (Å²) >= 11 is 0. The van der Waals surface area contributed by atoms with E-state index >= 15 is 0 Å². The van der Waals surface area contributed by atoms with Crippen LogP contribution in [-0.2, 0) is 6.11 Å². The second-order valence-corrected chi connectivity index (χ2v) is 9.02. The van der Waals surface area contributed by atoms with E-state index in [-0.39, 0.29) is 16.9 Å². The number of hydrogen-bond acceptors (Lipinski definition) is 2. The van der Waals surface area contributed by atoms with Crippen molar-refractivity contribution < 1.29 is 35.8 Å². The Hall–Kier alpha value is -3.42. The van der Waals surface area contributed by atoms with E-state index in [1.165, 1.54) is 30.3 Å². The smallest absolute Gasteiger partial charge is 0.429 e. The van der Waals surface area contributed by atoms with E-state index in [0.717, 1.165) is 61.9 Å². The first-order valence-corrected chi connectivity index (χ1v) is 12.1. The fraction of sp³-hybridized carbons (Fsp3) is 0.310. The SMILES string of the molecule is CCCC1CC=C(c2ccc(C(F)(F)Oc3ccc(-c4cc(F)c(OCF)c(F)c4)cc3)c(F)c2)CC1. The molecule has 0 radical (unpaired) electrons. The van der Waals surface area contributed by atoms with Crippen molar-refractivity contribution in [1.82, 2.24) is 0 Å². The van der Waals surface area contributed by atoms with Crippen LogP contribution in [0.2, 0.25) is 0 Å². The first kappa shape index (κ1) is 26.6. The minimum Gasteiger partial charge on any atom is -0.457 e. The molecule has 0 heterocycles. The highest BCUT2D eigenvalue weighted by Gasteiger charge is 2.38. The van der Waals surface area contributed by atoms with E-state index in [2.05, 4.69) is 17.7 Å². The van der Waals surface area contributed by atoms with Gasteiger partial charge in [0.2, 0.25) is 6.86 Å². The number of hydrogen-bond donors (Lipinski definition) is 0. The summed E-state index contributed by atoms with van der Waals surface area (Å²) in [5.41, 5.74) is 1.01. The molecule has 0 spiro atoms. The lowest BCUT2D eigenvalue weighted by atomic mass is 9.84. The molecule has 8 heteroatoms. The number of rotatable bonds is 9. The summed E-state index contributed by atoms with van der Waals surface area (Å²) in [6.45, 7) is 0.742. The molecule has 0 fully saturated rings. The average Bonchev–Trinajstić information content (AvgIpc) is 2.87. The van der Waals surface area contributed by atoms with Crippen molar-refractivity contribution in [2.75, 3.05) is 6.86 Å². The van der Waals surface area contributed by atoms with E-state index in [9.17, 15) is 26.3 Å². The van der Waals surface area contributed by atoms with Gasteiger partial charge >= 0.3 is 6.11 Å². The van der Waals surface area contributed by atoms with Gasteiger partial charge in [0.15, 0.2) is 17.4 Å². The standard InChI is InChI=1S/C29H26F6O2/c1-2-3-18-4-6-19(7-5-18)21-10-13-24(25(31)14-21)29(34,35)37-23-11-8-20(9-12-23)22-15-26(32)28(36-17-30)27(33)16-22/h6,8-16,18H,2-5,7,17H2,1H3. The van der Waals surface area contributed by atoms with E-state index in [1.54, 1.807) is 0 Å². The Morgan fingerprint density at radius 2 is 1.51 bits per heavy atom. The van der Waals surface area contributed by atoms with Crippen LogP contribution in [0.5, 0.6) is 11.5 Å². The van der Waals surface area contributed by atoms with Crippen molar-refractivity contribution in [1.29, 1.82) is 0 Å². The molecule has 0 aromatic heterocycles. The summed E-state index contributed by atoms with van der Waals surface area (Å²) in [5, 5.41) is 0. The molecule has 3 aromatic rings. The van der Waals surface area contributed by atoms with Gasteiger partial charge in [-0.15, -0.1) is 0 Å². The summed E-state index contributed by atoms with van der Waals surface area (Å²) in [6.07, 6.45) is 3.02. The van der Waals surface area contributed by atoms with Gasteiger partial charge in [0.25, 0.3) is 0 Å². The van der Waals surface area contributed by atoms with Crippen LogP contribution in [0.1, 0.15) is 50.2 Å². The van der Waals surface area contributed by atoms with Crippen LogP contribution in [0.25, 0.3) is 16.7 Å². The Balaban J connectivity index is 1.48. The summed E-state index contributed by atoms with van der Waals surface area (Å²) in [7, 11) is 0. The normalized spacial score (nSPS) is 15.9. The van der Waals surface area contributed by atoms with Crippen LogP contribution < -0.4 is 9.47 Å². The van der Waals surface area contributed by atoms with Gasteiger partial charge in [0.05, 0.1) is 5.56 Å². The Bertz CT molecular complexity index is 1250. The molecule has 2 nitrogen and oxygen atoms in total. The van der Waals surface area contributed by atoms with Crippen molar-refractivity contribution in [2.45, 2.75) is 45.1 Å². The van der Waals surface area contributed by atoms with E-state index in [1.807, 2.05) is 0 Å². The van der Waals surface area contributed by atoms with Gasteiger partial charge in [0.1, 0.15) is 11.6 Å². The summed E-state index contributed by atoms with van der Waals surface area (Å²) in [4.78, 5) is 0. The molecule has 3 aromatic carbocycles. The predicted molar refractivity (Wildman–Crippen MR) is 130 cm³/mol. The molecular weight excluding hydrogens is 494 g/mol. The fourth-order valence-electron chi connectivity index (χ4n) is 4.61. The van der Waals surface area contributed by atoms with Crippen molar-refractivity contribution in [3.05, 3.63) is 89.3 Å². The molecule has 0 saturated heterocycles. The zero-order valence-corrected chi connectivity index (χ0v) is 20.2. The molecule has 0 saturated carbocycles. The molecule has 196 valence electrons. The molecule has 37 heavy (non-hydrogen) atoms. The van der Waals surface area contributed by atoms with Crippen molar-refractivity contribution in [3.8, 4) is 22.6 Å². The molecule has 0 N–H and O–H groups in total. The summed E-state index contributed by atoms with van der Waals surface area (Å²) in [5.74, 6) is -3.80. The highest BCUT2D eigenvalue weighted by Crippen LogP contribution is 2.37. The van der Waals surface area contributed by atoms with Gasteiger partial charge in [-0.2, -0.15) is 8.78 Å². The molecule has 0 bridgehead atoms. The topological polar surface area (TPSA) is 18.5 Å². The Morgan fingerprint density at radius 1 is 0.865 bits per heavy atom. The van der Waals surface area contributed by atoms with Gasteiger partial charge in [-0.1, -0.05) is 44.0 Å². The van der Waals surface area contributed by atoms with Crippen LogP contribution in [-0.4, -0.2) is 6.86 Å². The third-order valence-corrected chi connectivity index (χ3v) is 6.50. The number of benzene rings is 3. The highest BCUT2D eigenvalue weighted by molar-refractivity contribution is 5.67. The third-order valence-electron chi connectivity index (χ3n) is 6.50. The van der Waals surface area contributed by atoms with Crippen LogP contribution in [0.3, 0.4) is 0 Å². The Kier molecular flexibility index (Phi) is 8.15. The van der Waals surface area contributed by atoms with Crippen molar-refractivity contribution in [3.63, 3.8) is 0 Å².